The van der Waals surface area contributed by atoms with Gasteiger partial charge in [0.2, 0.25) is 0 Å². The van der Waals surface area contributed by atoms with Crippen LogP contribution in [0.2, 0.25) is 5.02 Å². The van der Waals surface area contributed by atoms with Gasteiger partial charge < -0.3 is 4.57 Å². The normalized spacial score (nSPS) is 16.9. The number of sulfone groups is 1. The lowest BCUT2D eigenvalue weighted by molar-refractivity contribution is -0.873. The van der Waals surface area contributed by atoms with Crippen LogP contribution in [0.25, 0.3) is 10.8 Å². The third-order valence-corrected chi connectivity index (χ3v) is 9.60. The van der Waals surface area contributed by atoms with Crippen LogP contribution < -0.4 is 4.80 Å². The Bertz CT molecular complexity index is 1350. The summed E-state index contributed by atoms with van der Waals surface area (Å²) < 4.78 is 28.5. The second-order valence-electron chi connectivity index (χ2n) is 8.72. The smallest absolute Gasteiger partial charge is 0.315 e. The van der Waals surface area contributed by atoms with E-state index >= 15 is 0 Å². The summed E-state index contributed by atoms with van der Waals surface area (Å²) in [7, 11) is 0.146. The van der Waals surface area contributed by atoms with Crippen molar-refractivity contribution >= 4 is 49.5 Å². The Balaban J connectivity index is 1.54. The van der Waals surface area contributed by atoms with Gasteiger partial charge in [-0.05, 0) is 54.3 Å². The van der Waals surface area contributed by atoms with Crippen LogP contribution in [0.4, 0.5) is 0 Å². The maximum atomic E-state index is 13.5. The van der Waals surface area contributed by atoms with Gasteiger partial charge in [-0.1, -0.05) is 23.7 Å². The minimum atomic E-state index is -3.59. The van der Waals surface area contributed by atoms with E-state index in [4.69, 9.17) is 11.6 Å². The third-order valence-electron chi connectivity index (χ3n) is 6.59. The van der Waals surface area contributed by atoms with E-state index in [1.807, 2.05) is 23.7 Å². The second kappa shape index (κ2) is 9.70. The predicted molar refractivity (Wildman–Crippen MR) is 133 cm³/mol. The van der Waals surface area contributed by atoms with Crippen molar-refractivity contribution in [2.75, 3.05) is 25.9 Å². The van der Waals surface area contributed by atoms with Crippen molar-refractivity contribution in [1.82, 2.24) is 4.57 Å². The summed E-state index contributed by atoms with van der Waals surface area (Å²) in [6.45, 7) is 2.09. The van der Waals surface area contributed by atoms with Crippen LogP contribution >= 0.6 is 22.9 Å². The molecule has 2 heterocycles. The van der Waals surface area contributed by atoms with Crippen molar-refractivity contribution in [1.29, 1.82) is 0 Å². The van der Waals surface area contributed by atoms with Crippen molar-refractivity contribution in [2.24, 2.45) is 12.0 Å². The van der Waals surface area contributed by atoms with Gasteiger partial charge in [0, 0.05) is 24.5 Å². The molecule has 0 N–H and O–H groups in total. The molecule has 0 atom stereocenters. The van der Waals surface area contributed by atoms with Crippen LogP contribution in [0.15, 0.2) is 51.7 Å². The molecule has 9 heteroatoms. The van der Waals surface area contributed by atoms with Crippen LogP contribution in [-0.4, -0.2) is 49.3 Å². The molecule has 176 valence electrons. The van der Waals surface area contributed by atoms with Gasteiger partial charge >= 0.3 is 5.91 Å². The largest absolute Gasteiger partial charge is 0.319 e. The summed E-state index contributed by atoms with van der Waals surface area (Å²) in [5.41, 5.74) is 1.06. The Labute approximate surface area is 203 Å². The molecular weight excluding hydrogens is 478 g/mol. The molecule has 1 fully saturated rings. The molecule has 33 heavy (non-hydrogen) atoms. The molecule has 1 aliphatic rings. The fourth-order valence-electron chi connectivity index (χ4n) is 4.64. The van der Waals surface area contributed by atoms with E-state index in [0.717, 1.165) is 53.6 Å². The van der Waals surface area contributed by atoms with Gasteiger partial charge in [-0.25, -0.2) is 13.2 Å². The average Bonchev–Trinajstić information content (AvgIpc) is 3.16. The number of halogens is 1. The highest BCUT2D eigenvalue weighted by Crippen LogP contribution is 2.27. The fraction of sp³-hybridized carbons (Fsp3) is 0.417. The summed E-state index contributed by atoms with van der Waals surface area (Å²) in [6.07, 6.45) is 3.08. The lowest BCUT2D eigenvalue weighted by Crippen LogP contribution is -2.55. The molecule has 1 saturated heterocycles. The van der Waals surface area contributed by atoms with Crippen LogP contribution in [0, 0.1) is 0 Å². The van der Waals surface area contributed by atoms with Crippen LogP contribution in [-0.2, 0) is 28.2 Å². The molecule has 1 amide bonds. The summed E-state index contributed by atoms with van der Waals surface area (Å²) >= 11 is 7.60. The van der Waals surface area contributed by atoms with Crippen LogP contribution in [0.5, 0.6) is 0 Å². The van der Waals surface area contributed by atoms with E-state index in [1.165, 1.54) is 0 Å². The van der Waals surface area contributed by atoms with Crippen LogP contribution in [0.3, 0.4) is 0 Å². The zero-order chi connectivity index (χ0) is 23.6. The summed E-state index contributed by atoms with van der Waals surface area (Å²) in [6, 6.07) is 10.4. The third kappa shape index (κ3) is 5.09. The van der Waals surface area contributed by atoms with E-state index < -0.39 is 9.84 Å². The molecular formula is C24H29ClN3O3S2+. The van der Waals surface area contributed by atoms with Gasteiger partial charge in [-0.2, -0.15) is 0 Å². The first-order chi connectivity index (χ1) is 15.7. The number of quaternary nitrogens is 1. The molecule has 0 radical (unpaired) electrons. The lowest BCUT2D eigenvalue weighted by Gasteiger charge is -2.39. The zero-order valence-electron chi connectivity index (χ0n) is 19.0. The van der Waals surface area contributed by atoms with Gasteiger partial charge in [0.15, 0.2) is 14.6 Å². The van der Waals surface area contributed by atoms with Crippen molar-refractivity contribution in [3.05, 3.63) is 57.3 Å². The number of thiazole rings is 1. The van der Waals surface area contributed by atoms with Gasteiger partial charge in [0.25, 0.3) is 0 Å². The van der Waals surface area contributed by atoms with Crippen molar-refractivity contribution in [3.8, 4) is 0 Å². The summed E-state index contributed by atoms with van der Waals surface area (Å²) in [4.78, 5) is 18.9. The highest BCUT2D eigenvalue weighted by Gasteiger charge is 2.39. The molecule has 1 aliphatic heterocycles. The fourth-order valence-corrected chi connectivity index (χ4v) is 6.93. The SMILES string of the molecule is CN=c1scc(C[N+]2(C(=O)CCS(=O)(=O)c3ccc4cc(Cl)ccc4c3)CCCCC2)n1C. The van der Waals surface area contributed by atoms with E-state index in [-0.39, 0.29) is 23.0 Å². The summed E-state index contributed by atoms with van der Waals surface area (Å²) in [5.74, 6) is -0.178. The number of piperidine rings is 1. The molecule has 1 aromatic heterocycles. The summed E-state index contributed by atoms with van der Waals surface area (Å²) in [5, 5.41) is 4.37. The lowest BCUT2D eigenvalue weighted by atomic mass is 10.1. The molecule has 2 aromatic carbocycles. The van der Waals surface area contributed by atoms with E-state index in [9.17, 15) is 13.2 Å². The quantitative estimate of drug-likeness (QED) is 0.468. The average molecular weight is 507 g/mol. The molecule has 0 aliphatic carbocycles. The number of fused-ring (bicyclic) bond motifs is 1. The first-order valence-electron chi connectivity index (χ1n) is 11.1. The van der Waals surface area contributed by atoms with Crippen molar-refractivity contribution < 1.29 is 17.7 Å². The number of amides is 1. The number of nitrogens with zero attached hydrogens (tertiary/aromatic N) is 3. The number of rotatable bonds is 6. The topological polar surface area (TPSA) is 68.5 Å². The number of hydrogen-bond donors (Lipinski definition) is 0. The van der Waals surface area contributed by atoms with E-state index in [0.29, 0.717) is 16.1 Å². The number of likely N-dealkylation sites (tertiary alicyclic amines) is 1. The number of aromatic nitrogens is 1. The highest BCUT2D eigenvalue weighted by atomic mass is 35.5. The second-order valence-corrected chi connectivity index (χ2v) is 12.1. The predicted octanol–water partition coefficient (Wildman–Crippen LogP) is 4.32. The first kappa shape index (κ1) is 24.1. The maximum Gasteiger partial charge on any atom is 0.315 e. The van der Waals surface area contributed by atoms with Gasteiger partial charge in [0.05, 0.1) is 35.9 Å². The molecule has 4 rings (SSSR count). The molecule has 0 bridgehead atoms. The number of benzene rings is 2. The Morgan fingerprint density at radius 3 is 2.52 bits per heavy atom. The highest BCUT2D eigenvalue weighted by molar-refractivity contribution is 7.91. The Morgan fingerprint density at radius 1 is 1.12 bits per heavy atom. The molecule has 0 saturated carbocycles. The number of carbonyl (C=O) groups is 1. The zero-order valence-corrected chi connectivity index (χ0v) is 21.3. The van der Waals surface area contributed by atoms with Crippen molar-refractivity contribution in [2.45, 2.75) is 37.1 Å². The minimum absolute atomic E-state index is 0.00651. The monoisotopic (exact) mass is 506 g/mol. The minimum Gasteiger partial charge on any atom is -0.319 e. The Hall–Kier alpha value is -2.00. The Kier molecular flexibility index (Phi) is 7.09. The van der Waals surface area contributed by atoms with Gasteiger partial charge in [0.1, 0.15) is 6.54 Å². The van der Waals surface area contributed by atoms with Crippen molar-refractivity contribution in [3.63, 3.8) is 0 Å². The maximum absolute atomic E-state index is 13.5. The first-order valence-corrected chi connectivity index (χ1v) is 14.0. The number of carbonyl (C=O) groups excluding carboxylic acids is 1. The Morgan fingerprint density at radius 2 is 1.82 bits per heavy atom. The van der Waals surface area contributed by atoms with E-state index in [1.54, 1.807) is 42.6 Å². The molecule has 0 spiro atoms. The van der Waals surface area contributed by atoms with Gasteiger partial charge in [-0.3, -0.25) is 9.48 Å². The van der Waals surface area contributed by atoms with Gasteiger partial charge in [-0.15, -0.1) is 11.3 Å². The molecule has 0 unspecified atom stereocenters. The van der Waals surface area contributed by atoms with E-state index in [2.05, 4.69) is 10.4 Å². The standard InChI is InChI=1S/C24H29ClN3O3S2/c1-26-24-27(2)21(17-32-24)16-28(11-4-3-5-12-28)23(29)10-13-33(30,31)22-9-7-18-14-20(25)8-6-19(18)15-22/h6-9,14-15,17H,3-5,10-13,16H2,1-2H3/q+1. The number of hydrogen-bond acceptors (Lipinski definition) is 5. The van der Waals surface area contributed by atoms with Crippen LogP contribution in [0.1, 0.15) is 31.4 Å². The molecule has 3 aromatic rings. The molecule has 6 nitrogen and oxygen atoms in total.